The zero-order valence-corrected chi connectivity index (χ0v) is 17.8. The molecule has 2 aromatic rings. The predicted octanol–water partition coefficient (Wildman–Crippen LogP) is 3.76. The molecule has 1 heterocycles. The van der Waals surface area contributed by atoms with Crippen LogP contribution in [0.25, 0.3) is 0 Å². The van der Waals surface area contributed by atoms with Crippen LogP contribution >= 0.6 is 11.6 Å². The van der Waals surface area contributed by atoms with E-state index in [1.54, 1.807) is 24.3 Å². The highest BCUT2D eigenvalue weighted by atomic mass is 35.5. The van der Waals surface area contributed by atoms with Gasteiger partial charge in [-0.25, -0.2) is 0 Å². The Kier molecular flexibility index (Phi) is 6.77. The smallest absolute Gasteiger partial charge is 0.241 e. The molecule has 0 unspecified atom stereocenters. The van der Waals surface area contributed by atoms with E-state index in [2.05, 4.69) is 27.4 Å². The summed E-state index contributed by atoms with van der Waals surface area (Å²) in [5.41, 5.74) is 3.78. The van der Waals surface area contributed by atoms with Crippen molar-refractivity contribution < 1.29 is 9.59 Å². The number of nitrogens with one attached hydrogen (secondary N) is 2. The van der Waals surface area contributed by atoms with Gasteiger partial charge in [0.2, 0.25) is 11.8 Å². The van der Waals surface area contributed by atoms with Crippen LogP contribution in [0.2, 0.25) is 5.02 Å². The summed E-state index contributed by atoms with van der Waals surface area (Å²) >= 11 is 6.16. The van der Waals surface area contributed by atoms with Gasteiger partial charge in [-0.15, -0.1) is 0 Å². The van der Waals surface area contributed by atoms with Gasteiger partial charge in [0.1, 0.15) is 0 Å². The Hall–Kier alpha value is -2.57. The molecule has 0 aromatic heterocycles. The van der Waals surface area contributed by atoms with E-state index in [0.29, 0.717) is 11.4 Å². The standard InChI is InChI=1S/C22H27ClN4O2/c1-15-4-5-18(23)14-21(15)27-12-10-26(11-13-27)16(2)22(29)25-20-8-6-19(7-9-20)24-17(3)28/h4-9,14,16H,10-13H2,1-3H3,(H,24,28)(H,25,29)/t16-/m0/s1. The average molecular weight is 415 g/mol. The van der Waals surface area contributed by atoms with E-state index >= 15 is 0 Å². The van der Waals surface area contributed by atoms with E-state index in [-0.39, 0.29) is 17.9 Å². The molecule has 1 saturated heterocycles. The average Bonchev–Trinajstić information content (AvgIpc) is 2.70. The first kappa shape index (κ1) is 21.1. The molecule has 0 radical (unpaired) electrons. The molecule has 2 amide bonds. The summed E-state index contributed by atoms with van der Waals surface area (Å²) in [5, 5.41) is 6.41. The lowest BCUT2D eigenvalue weighted by molar-refractivity contribution is -0.121. The van der Waals surface area contributed by atoms with Crippen LogP contribution in [0, 0.1) is 6.92 Å². The molecule has 7 heteroatoms. The Labute approximate surface area is 176 Å². The van der Waals surface area contributed by atoms with Crippen LogP contribution in [0.4, 0.5) is 17.1 Å². The van der Waals surface area contributed by atoms with Crippen LogP contribution in [0.15, 0.2) is 42.5 Å². The minimum absolute atomic E-state index is 0.0373. The van der Waals surface area contributed by atoms with Gasteiger partial charge in [-0.05, 0) is 55.8 Å². The number of piperazine rings is 1. The summed E-state index contributed by atoms with van der Waals surface area (Å²) in [5.74, 6) is -0.160. The van der Waals surface area contributed by atoms with Gasteiger partial charge >= 0.3 is 0 Å². The molecule has 0 saturated carbocycles. The lowest BCUT2D eigenvalue weighted by atomic mass is 10.1. The molecule has 3 rings (SSSR count). The molecular formula is C22H27ClN4O2. The SMILES string of the molecule is CC(=O)Nc1ccc(NC(=O)[C@H](C)N2CCN(c3cc(Cl)ccc3C)CC2)cc1. The molecule has 2 N–H and O–H groups in total. The van der Waals surface area contributed by atoms with Crippen molar-refractivity contribution in [2.45, 2.75) is 26.8 Å². The number of hydrogen-bond donors (Lipinski definition) is 2. The molecular weight excluding hydrogens is 388 g/mol. The van der Waals surface area contributed by atoms with Gasteiger partial charge < -0.3 is 15.5 Å². The number of hydrogen-bond acceptors (Lipinski definition) is 4. The number of aryl methyl sites for hydroxylation is 1. The summed E-state index contributed by atoms with van der Waals surface area (Å²) in [6.45, 7) is 8.80. The van der Waals surface area contributed by atoms with Crippen molar-refractivity contribution in [3.8, 4) is 0 Å². The fourth-order valence-corrected chi connectivity index (χ4v) is 3.69. The van der Waals surface area contributed by atoms with Crippen LogP contribution in [-0.2, 0) is 9.59 Å². The van der Waals surface area contributed by atoms with Gasteiger partial charge in [0.25, 0.3) is 0 Å². The minimum atomic E-state index is -0.229. The van der Waals surface area contributed by atoms with Crippen molar-refractivity contribution in [1.29, 1.82) is 0 Å². The molecule has 0 spiro atoms. The second kappa shape index (κ2) is 9.29. The second-order valence-corrected chi connectivity index (χ2v) is 7.81. The lowest BCUT2D eigenvalue weighted by Crippen LogP contribution is -2.53. The number of amides is 2. The van der Waals surface area contributed by atoms with E-state index in [1.807, 2.05) is 25.1 Å². The summed E-state index contributed by atoms with van der Waals surface area (Å²) < 4.78 is 0. The third kappa shape index (κ3) is 5.49. The van der Waals surface area contributed by atoms with E-state index in [9.17, 15) is 9.59 Å². The molecule has 29 heavy (non-hydrogen) atoms. The molecule has 1 aliphatic rings. The zero-order chi connectivity index (χ0) is 21.0. The van der Waals surface area contributed by atoms with Crippen molar-refractivity contribution in [2.75, 3.05) is 41.7 Å². The van der Waals surface area contributed by atoms with Crippen LogP contribution < -0.4 is 15.5 Å². The third-order valence-corrected chi connectivity index (χ3v) is 5.46. The summed E-state index contributed by atoms with van der Waals surface area (Å²) in [6, 6.07) is 12.8. The van der Waals surface area contributed by atoms with Crippen molar-refractivity contribution in [2.24, 2.45) is 0 Å². The molecule has 1 aliphatic heterocycles. The van der Waals surface area contributed by atoms with E-state index in [0.717, 1.165) is 36.9 Å². The highest BCUT2D eigenvalue weighted by Crippen LogP contribution is 2.25. The number of anilines is 3. The molecule has 1 fully saturated rings. The molecule has 6 nitrogen and oxygen atoms in total. The number of carbonyl (C=O) groups excluding carboxylic acids is 2. The van der Waals surface area contributed by atoms with Gasteiger partial charge in [0, 0.05) is 55.2 Å². The summed E-state index contributed by atoms with van der Waals surface area (Å²) in [4.78, 5) is 28.3. The zero-order valence-electron chi connectivity index (χ0n) is 17.0. The molecule has 0 bridgehead atoms. The summed E-state index contributed by atoms with van der Waals surface area (Å²) in [7, 11) is 0. The first-order valence-electron chi connectivity index (χ1n) is 9.77. The minimum Gasteiger partial charge on any atom is -0.369 e. The quantitative estimate of drug-likeness (QED) is 0.781. The number of nitrogens with zero attached hydrogens (tertiary/aromatic N) is 2. The van der Waals surface area contributed by atoms with Crippen LogP contribution in [0.3, 0.4) is 0 Å². The fraction of sp³-hybridized carbons (Fsp3) is 0.364. The second-order valence-electron chi connectivity index (χ2n) is 7.38. The Morgan fingerprint density at radius 2 is 1.55 bits per heavy atom. The van der Waals surface area contributed by atoms with Crippen molar-refractivity contribution in [3.63, 3.8) is 0 Å². The molecule has 0 aliphatic carbocycles. The first-order chi connectivity index (χ1) is 13.8. The van der Waals surface area contributed by atoms with E-state index in [1.165, 1.54) is 12.5 Å². The van der Waals surface area contributed by atoms with Crippen molar-refractivity contribution in [1.82, 2.24) is 4.90 Å². The summed E-state index contributed by atoms with van der Waals surface area (Å²) in [6.07, 6.45) is 0. The van der Waals surface area contributed by atoms with Gasteiger partial charge in [0.15, 0.2) is 0 Å². The molecule has 2 aromatic carbocycles. The third-order valence-electron chi connectivity index (χ3n) is 5.23. The monoisotopic (exact) mass is 414 g/mol. The van der Waals surface area contributed by atoms with Crippen molar-refractivity contribution >= 4 is 40.5 Å². The van der Waals surface area contributed by atoms with Gasteiger partial charge in [-0.3, -0.25) is 14.5 Å². The van der Waals surface area contributed by atoms with E-state index in [4.69, 9.17) is 11.6 Å². The number of halogens is 1. The predicted molar refractivity (Wildman–Crippen MR) is 119 cm³/mol. The van der Waals surface area contributed by atoms with Crippen LogP contribution in [0.5, 0.6) is 0 Å². The maximum absolute atomic E-state index is 12.7. The number of rotatable bonds is 5. The molecule has 1 atom stereocenters. The number of carbonyl (C=O) groups is 2. The largest absolute Gasteiger partial charge is 0.369 e. The number of benzene rings is 2. The first-order valence-corrected chi connectivity index (χ1v) is 10.1. The highest BCUT2D eigenvalue weighted by Gasteiger charge is 2.26. The van der Waals surface area contributed by atoms with Crippen LogP contribution in [0.1, 0.15) is 19.4 Å². The van der Waals surface area contributed by atoms with E-state index < -0.39 is 0 Å². The lowest BCUT2D eigenvalue weighted by Gasteiger charge is -2.39. The van der Waals surface area contributed by atoms with Gasteiger partial charge in [-0.1, -0.05) is 17.7 Å². The Morgan fingerprint density at radius 1 is 0.966 bits per heavy atom. The highest BCUT2D eigenvalue weighted by molar-refractivity contribution is 6.30. The molecule has 154 valence electrons. The van der Waals surface area contributed by atoms with Crippen LogP contribution in [-0.4, -0.2) is 48.9 Å². The fourth-order valence-electron chi connectivity index (χ4n) is 3.53. The topological polar surface area (TPSA) is 64.7 Å². The Bertz CT molecular complexity index is 877. The van der Waals surface area contributed by atoms with Gasteiger partial charge in [-0.2, -0.15) is 0 Å². The van der Waals surface area contributed by atoms with Gasteiger partial charge in [0.05, 0.1) is 6.04 Å². The van der Waals surface area contributed by atoms with Crippen molar-refractivity contribution in [3.05, 3.63) is 53.1 Å². The maximum atomic E-state index is 12.7. The normalized spacial score (nSPS) is 15.7. The Morgan fingerprint density at radius 3 is 2.14 bits per heavy atom. The maximum Gasteiger partial charge on any atom is 0.241 e. The Balaban J connectivity index is 1.54.